The van der Waals surface area contributed by atoms with Crippen LogP contribution in [0.25, 0.3) is 0 Å². The highest BCUT2D eigenvalue weighted by Gasteiger charge is 2.37. The molecular weight excluding hydrogens is 324 g/mol. The Morgan fingerprint density at radius 3 is 2.25 bits per heavy atom. The normalized spacial score (nSPS) is 13.2. The Kier molecular flexibility index (Phi) is 7.17. The molecule has 0 radical (unpaired) electrons. The predicted molar refractivity (Wildman–Crippen MR) is 94.9 cm³/mol. The molecule has 0 N–H and O–H groups in total. The Balaban J connectivity index is 2.39. The molecule has 0 fully saturated rings. The van der Waals surface area contributed by atoms with Crippen molar-refractivity contribution in [2.45, 2.75) is 58.5 Å². The van der Waals surface area contributed by atoms with Crippen LogP contribution in [0.15, 0.2) is 30.3 Å². The summed E-state index contributed by atoms with van der Waals surface area (Å²) in [6.07, 6.45) is -0.954. The maximum Gasteiger partial charge on any atom is 0.347 e. The van der Waals surface area contributed by atoms with Crippen LogP contribution in [-0.4, -0.2) is 33.0 Å². The Labute approximate surface area is 145 Å². The van der Waals surface area contributed by atoms with E-state index >= 15 is 0 Å². The molecule has 0 amide bonds. The SMILES string of the molecule is C[C@H](OC(=O)CO[Si](C)(C)C(C)(C)C)C(=O)OCc1ccccc1. The molecule has 5 nitrogen and oxygen atoms in total. The number of carbonyl (C=O) groups excluding carboxylic acids is 2. The van der Waals surface area contributed by atoms with Crippen molar-refractivity contribution in [3.8, 4) is 0 Å². The Morgan fingerprint density at radius 1 is 1.12 bits per heavy atom. The molecule has 0 heterocycles. The van der Waals surface area contributed by atoms with Gasteiger partial charge in [-0.1, -0.05) is 51.1 Å². The van der Waals surface area contributed by atoms with E-state index in [0.29, 0.717) is 0 Å². The van der Waals surface area contributed by atoms with E-state index in [1.54, 1.807) is 0 Å². The van der Waals surface area contributed by atoms with Crippen molar-refractivity contribution in [2.24, 2.45) is 0 Å². The van der Waals surface area contributed by atoms with Crippen molar-refractivity contribution in [3.63, 3.8) is 0 Å². The minimum atomic E-state index is -2.02. The van der Waals surface area contributed by atoms with Gasteiger partial charge in [0.1, 0.15) is 13.2 Å². The molecule has 1 atom stereocenters. The third-order valence-corrected chi connectivity index (χ3v) is 8.70. The first-order valence-corrected chi connectivity index (χ1v) is 11.0. The van der Waals surface area contributed by atoms with Crippen LogP contribution in [0.4, 0.5) is 0 Å². The highest BCUT2D eigenvalue weighted by molar-refractivity contribution is 6.74. The predicted octanol–water partition coefficient (Wildman–Crippen LogP) is 3.68. The van der Waals surface area contributed by atoms with E-state index in [9.17, 15) is 9.59 Å². The number of esters is 2. The van der Waals surface area contributed by atoms with E-state index < -0.39 is 26.4 Å². The van der Waals surface area contributed by atoms with Crippen molar-refractivity contribution >= 4 is 20.3 Å². The van der Waals surface area contributed by atoms with Crippen LogP contribution in [0.3, 0.4) is 0 Å². The lowest BCUT2D eigenvalue weighted by atomic mass is 10.2. The molecule has 0 spiro atoms. The van der Waals surface area contributed by atoms with Crippen LogP contribution in [0.2, 0.25) is 18.1 Å². The largest absolute Gasteiger partial charge is 0.458 e. The third kappa shape index (κ3) is 6.45. The van der Waals surface area contributed by atoms with Crippen molar-refractivity contribution in [1.29, 1.82) is 0 Å². The van der Waals surface area contributed by atoms with Gasteiger partial charge in [-0.05, 0) is 30.6 Å². The molecule has 0 aliphatic carbocycles. The van der Waals surface area contributed by atoms with Crippen molar-refractivity contribution in [2.75, 3.05) is 6.61 Å². The van der Waals surface area contributed by atoms with Gasteiger partial charge in [0.2, 0.25) is 0 Å². The van der Waals surface area contributed by atoms with Crippen LogP contribution in [0.5, 0.6) is 0 Å². The van der Waals surface area contributed by atoms with Crippen molar-refractivity contribution in [1.82, 2.24) is 0 Å². The van der Waals surface area contributed by atoms with Gasteiger partial charge in [0, 0.05) is 0 Å². The highest BCUT2D eigenvalue weighted by Crippen LogP contribution is 2.36. The second-order valence-electron chi connectivity index (χ2n) is 7.27. The molecule has 6 heteroatoms. The molecule has 1 rings (SSSR count). The standard InChI is InChI=1S/C18H28O5Si/c1-14(17(20)21-12-15-10-8-7-9-11-15)23-16(19)13-22-24(5,6)18(2,3)4/h7-11,14H,12-13H2,1-6H3/t14-/m0/s1. The molecule has 0 saturated heterocycles. The van der Waals surface area contributed by atoms with E-state index in [-0.39, 0.29) is 18.3 Å². The van der Waals surface area contributed by atoms with E-state index in [4.69, 9.17) is 13.9 Å². The smallest absolute Gasteiger partial charge is 0.347 e. The van der Waals surface area contributed by atoms with Crippen LogP contribution < -0.4 is 0 Å². The van der Waals surface area contributed by atoms with Crippen molar-refractivity contribution in [3.05, 3.63) is 35.9 Å². The van der Waals surface area contributed by atoms with Gasteiger partial charge >= 0.3 is 11.9 Å². The summed E-state index contributed by atoms with van der Waals surface area (Å²) < 4.78 is 16.0. The summed E-state index contributed by atoms with van der Waals surface area (Å²) in [5, 5.41) is 0.00745. The quantitative estimate of drug-likeness (QED) is 0.553. The maximum atomic E-state index is 11.9. The number of benzene rings is 1. The van der Waals surface area contributed by atoms with Crippen LogP contribution in [0.1, 0.15) is 33.3 Å². The second kappa shape index (κ2) is 8.44. The minimum Gasteiger partial charge on any atom is -0.458 e. The average Bonchev–Trinajstić information content (AvgIpc) is 2.50. The zero-order valence-corrected chi connectivity index (χ0v) is 16.4. The summed E-state index contributed by atoms with van der Waals surface area (Å²) in [5.41, 5.74) is 0.880. The summed E-state index contributed by atoms with van der Waals surface area (Å²) in [4.78, 5) is 23.8. The Bertz CT molecular complexity index is 548. The van der Waals surface area contributed by atoms with Crippen molar-refractivity contribution < 1.29 is 23.5 Å². The zero-order valence-electron chi connectivity index (χ0n) is 15.4. The van der Waals surface area contributed by atoms with Gasteiger partial charge in [-0.15, -0.1) is 0 Å². The monoisotopic (exact) mass is 352 g/mol. The van der Waals surface area contributed by atoms with Gasteiger partial charge in [0.25, 0.3) is 0 Å². The molecule has 134 valence electrons. The average molecular weight is 353 g/mol. The van der Waals surface area contributed by atoms with Crippen LogP contribution in [0, 0.1) is 0 Å². The van der Waals surface area contributed by atoms with Gasteiger partial charge in [-0.2, -0.15) is 0 Å². The van der Waals surface area contributed by atoms with Gasteiger partial charge in [0.05, 0.1) is 0 Å². The molecule has 0 bridgehead atoms. The molecular formula is C18H28O5Si. The summed E-state index contributed by atoms with van der Waals surface area (Å²) in [6.45, 7) is 11.9. The summed E-state index contributed by atoms with van der Waals surface area (Å²) in [5.74, 6) is -1.12. The highest BCUT2D eigenvalue weighted by atomic mass is 28.4. The molecule has 0 aliphatic rings. The summed E-state index contributed by atoms with van der Waals surface area (Å²) >= 11 is 0. The van der Waals surface area contributed by atoms with Crippen LogP contribution >= 0.6 is 0 Å². The van der Waals surface area contributed by atoms with Gasteiger partial charge in [-0.25, -0.2) is 9.59 Å². The number of hydrogen-bond donors (Lipinski definition) is 0. The second-order valence-corrected chi connectivity index (χ2v) is 12.1. The maximum absolute atomic E-state index is 11.9. The third-order valence-electron chi connectivity index (χ3n) is 4.22. The van der Waals surface area contributed by atoms with E-state index in [1.807, 2.05) is 30.3 Å². The lowest BCUT2D eigenvalue weighted by Crippen LogP contribution is -2.42. The minimum absolute atomic E-state index is 0.00745. The molecule has 1 aromatic rings. The lowest BCUT2D eigenvalue weighted by molar-refractivity contribution is -0.168. The Morgan fingerprint density at radius 2 is 1.71 bits per heavy atom. The fourth-order valence-corrected chi connectivity index (χ4v) is 2.49. The zero-order chi connectivity index (χ0) is 18.4. The van der Waals surface area contributed by atoms with E-state index in [1.165, 1.54) is 6.92 Å². The number of carbonyl (C=O) groups is 2. The van der Waals surface area contributed by atoms with Gasteiger partial charge in [-0.3, -0.25) is 0 Å². The lowest BCUT2D eigenvalue weighted by Gasteiger charge is -2.35. The first-order chi connectivity index (χ1) is 11.0. The molecule has 0 aliphatic heterocycles. The first kappa shape index (κ1) is 20.4. The first-order valence-electron chi connectivity index (χ1n) is 8.07. The number of rotatable bonds is 7. The number of ether oxygens (including phenoxy) is 2. The van der Waals surface area contributed by atoms with Crippen LogP contribution in [-0.2, 0) is 30.1 Å². The van der Waals surface area contributed by atoms with E-state index in [0.717, 1.165) is 5.56 Å². The number of hydrogen-bond acceptors (Lipinski definition) is 5. The molecule has 0 saturated carbocycles. The van der Waals surface area contributed by atoms with Gasteiger partial charge in [0.15, 0.2) is 14.4 Å². The fraction of sp³-hybridized carbons (Fsp3) is 0.556. The topological polar surface area (TPSA) is 61.8 Å². The molecule has 0 unspecified atom stereocenters. The fourth-order valence-electron chi connectivity index (χ4n) is 1.58. The Hall–Kier alpha value is -1.66. The molecule has 0 aromatic heterocycles. The molecule has 24 heavy (non-hydrogen) atoms. The summed E-state index contributed by atoms with van der Waals surface area (Å²) in [6, 6.07) is 9.34. The summed E-state index contributed by atoms with van der Waals surface area (Å²) in [7, 11) is -2.02. The molecule has 1 aromatic carbocycles. The van der Waals surface area contributed by atoms with Gasteiger partial charge < -0.3 is 13.9 Å². The van der Waals surface area contributed by atoms with E-state index in [2.05, 4.69) is 33.9 Å².